The Balaban J connectivity index is 2.15. The van der Waals surface area contributed by atoms with Gasteiger partial charge >= 0.3 is 5.97 Å². The van der Waals surface area contributed by atoms with Crippen molar-refractivity contribution in [1.82, 2.24) is 4.90 Å². The molecule has 4 nitrogen and oxygen atoms in total. The summed E-state index contributed by atoms with van der Waals surface area (Å²) in [7, 11) is 0. The van der Waals surface area contributed by atoms with Gasteiger partial charge in [0.2, 0.25) is 0 Å². The number of halogens is 1. The number of rotatable bonds is 6. The minimum Gasteiger partial charge on any atom is -0.480 e. The molecule has 0 bridgehead atoms. The molecule has 0 aliphatic carbocycles. The van der Waals surface area contributed by atoms with Gasteiger partial charge in [0, 0.05) is 19.0 Å². The summed E-state index contributed by atoms with van der Waals surface area (Å²) in [5.41, 5.74) is 0.603. The van der Waals surface area contributed by atoms with Crippen LogP contribution in [0.1, 0.15) is 17.9 Å². The zero-order valence-electron chi connectivity index (χ0n) is 11.9. The van der Waals surface area contributed by atoms with Crippen LogP contribution in [0.4, 0.5) is 4.39 Å². The summed E-state index contributed by atoms with van der Waals surface area (Å²) in [5.74, 6) is -1.39. The summed E-state index contributed by atoms with van der Waals surface area (Å²) >= 11 is 0. The Labute approximate surface area is 123 Å². The second-order valence-electron chi connectivity index (χ2n) is 5.21. The average molecular weight is 293 g/mol. The van der Waals surface area contributed by atoms with Crippen LogP contribution in [0.5, 0.6) is 0 Å². The first kappa shape index (κ1) is 15.7. The van der Waals surface area contributed by atoms with Crippen LogP contribution in [0.2, 0.25) is 0 Å². The van der Waals surface area contributed by atoms with Gasteiger partial charge in [0.25, 0.3) is 0 Å². The van der Waals surface area contributed by atoms with Crippen LogP contribution in [0.3, 0.4) is 0 Å². The number of benzene rings is 1. The fourth-order valence-corrected chi connectivity index (χ4v) is 2.81. The molecule has 1 fully saturated rings. The number of aliphatic carboxylic acids is 1. The van der Waals surface area contributed by atoms with E-state index in [0.717, 1.165) is 19.5 Å². The van der Waals surface area contributed by atoms with E-state index in [1.54, 1.807) is 24.3 Å². The van der Waals surface area contributed by atoms with E-state index in [1.165, 1.54) is 6.07 Å². The molecule has 1 aromatic rings. The van der Waals surface area contributed by atoms with Gasteiger partial charge in [0.1, 0.15) is 12.4 Å². The third-order valence-corrected chi connectivity index (χ3v) is 3.76. The molecule has 0 amide bonds. The molecule has 2 rings (SSSR count). The maximum atomic E-state index is 14.0. The number of carboxylic acid groups (broad SMARTS) is 1. The number of piperidine rings is 1. The number of carbonyl (C=O) groups is 1. The van der Waals surface area contributed by atoms with Crippen LogP contribution in [-0.4, -0.2) is 48.3 Å². The fraction of sp³-hybridized carbons (Fsp3) is 0.438. The van der Waals surface area contributed by atoms with Gasteiger partial charge in [-0.15, -0.1) is 6.58 Å². The first-order valence-corrected chi connectivity index (χ1v) is 7.03. The van der Waals surface area contributed by atoms with Crippen LogP contribution in [0.25, 0.3) is 0 Å². The normalized spacial score (nSPS) is 22.9. The summed E-state index contributed by atoms with van der Waals surface area (Å²) in [6.45, 7) is 5.46. The molecular formula is C16H20FNO3. The Morgan fingerprint density at radius 3 is 2.95 bits per heavy atom. The monoisotopic (exact) mass is 293 g/mol. The van der Waals surface area contributed by atoms with Gasteiger partial charge in [-0.3, -0.25) is 4.90 Å². The highest BCUT2D eigenvalue weighted by molar-refractivity contribution is 5.68. The molecule has 1 aliphatic rings. The Morgan fingerprint density at radius 2 is 2.29 bits per heavy atom. The molecule has 1 N–H and O–H groups in total. The van der Waals surface area contributed by atoms with Crippen molar-refractivity contribution < 1.29 is 19.0 Å². The van der Waals surface area contributed by atoms with Gasteiger partial charge in [-0.25, -0.2) is 9.18 Å². The van der Waals surface area contributed by atoms with Gasteiger partial charge in [0.15, 0.2) is 0 Å². The third-order valence-electron chi connectivity index (χ3n) is 3.76. The zero-order valence-corrected chi connectivity index (χ0v) is 11.9. The maximum absolute atomic E-state index is 14.0. The summed E-state index contributed by atoms with van der Waals surface area (Å²) in [6.07, 6.45) is 2.21. The number of likely N-dealkylation sites (tertiary alicyclic amines) is 1. The van der Waals surface area contributed by atoms with Gasteiger partial charge in [-0.2, -0.15) is 0 Å². The minimum absolute atomic E-state index is 0.119. The molecule has 2 atom stereocenters. The first-order chi connectivity index (χ1) is 10.1. The molecule has 114 valence electrons. The van der Waals surface area contributed by atoms with Gasteiger partial charge in [-0.05, 0) is 24.6 Å². The fourth-order valence-electron chi connectivity index (χ4n) is 2.81. The largest absolute Gasteiger partial charge is 0.480 e. The number of carboxylic acids is 1. The van der Waals surface area contributed by atoms with Gasteiger partial charge in [-0.1, -0.05) is 24.3 Å². The number of hydrogen-bond acceptors (Lipinski definition) is 3. The third kappa shape index (κ3) is 4.12. The molecule has 0 saturated carbocycles. The number of ether oxygens (including phenoxy) is 1. The second-order valence-corrected chi connectivity index (χ2v) is 5.21. The van der Waals surface area contributed by atoms with E-state index in [-0.39, 0.29) is 24.4 Å². The molecule has 0 aromatic heterocycles. The van der Waals surface area contributed by atoms with Crippen molar-refractivity contribution in [3.63, 3.8) is 0 Å². The SMILES string of the molecule is C=CCN1CCC(c2ccccc2F)C(OCC(=O)O)C1. The Hall–Kier alpha value is -1.72. The molecule has 1 aliphatic heterocycles. The lowest BCUT2D eigenvalue weighted by molar-refractivity contribution is -0.146. The van der Waals surface area contributed by atoms with E-state index in [2.05, 4.69) is 11.5 Å². The summed E-state index contributed by atoms with van der Waals surface area (Å²) in [4.78, 5) is 12.9. The Kier molecular flexibility index (Phi) is 5.47. The van der Waals surface area contributed by atoms with Gasteiger partial charge < -0.3 is 9.84 Å². The van der Waals surface area contributed by atoms with E-state index in [1.807, 2.05) is 0 Å². The molecule has 1 aromatic carbocycles. The van der Waals surface area contributed by atoms with Crippen molar-refractivity contribution in [2.45, 2.75) is 18.4 Å². The molecule has 1 heterocycles. The summed E-state index contributed by atoms with van der Waals surface area (Å²) in [6, 6.07) is 6.63. The van der Waals surface area contributed by atoms with E-state index in [4.69, 9.17) is 9.84 Å². The van der Waals surface area contributed by atoms with Gasteiger partial charge in [0.05, 0.1) is 6.10 Å². The van der Waals surface area contributed by atoms with Crippen molar-refractivity contribution in [1.29, 1.82) is 0 Å². The van der Waals surface area contributed by atoms with E-state index in [0.29, 0.717) is 12.1 Å². The smallest absolute Gasteiger partial charge is 0.329 e. The van der Waals surface area contributed by atoms with Crippen LogP contribution < -0.4 is 0 Å². The molecule has 21 heavy (non-hydrogen) atoms. The lowest BCUT2D eigenvalue weighted by Crippen LogP contribution is -2.44. The van der Waals surface area contributed by atoms with Crippen molar-refractivity contribution in [2.75, 3.05) is 26.2 Å². The average Bonchev–Trinajstić information content (AvgIpc) is 2.46. The van der Waals surface area contributed by atoms with Crippen LogP contribution >= 0.6 is 0 Å². The molecule has 1 saturated heterocycles. The minimum atomic E-state index is -1.01. The standard InChI is InChI=1S/C16H20FNO3/c1-2-8-18-9-7-13(12-5-3-4-6-14(12)17)15(10-18)21-11-16(19)20/h2-6,13,15H,1,7-11H2,(H,19,20). The van der Waals surface area contributed by atoms with Crippen LogP contribution in [0, 0.1) is 5.82 Å². The topological polar surface area (TPSA) is 49.8 Å². The highest BCUT2D eigenvalue weighted by Gasteiger charge is 2.32. The summed E-state index contributed by atoms with van der Waals surface area (Å²) in [5, 5.41) is 8.80. The molecular weight excluding hydrogens is 273 g/mol. The summed E-state index contributed by atoms with van der Waals surface area (Å²) < 4.78 is 19.5. The molecule has 0 spiro atoms. The maximum Gasteiger partial charge on any atom is 0.329 e. The van der Waals surface area contributed by atoms with Crippen molar-refractivity contribution in [2.24, 2.45) is 0 Å². The molecule has 0 radical (unpaired) electrons. The second kappa shape index (κ2) is 7.33. The van der Waals surface area contributed by atoms with Crippen molar-refractivity contribution >= 4 is 5.97 Å². The highest BCUT2D eigenvalue weighted by atomic mass is 19.1. The number of nitrogens with zero attached hydrogens (tertiary/aromatic N) is 1. The van der Waals surface area contributed by atoms with E-state index in [9.17, 15) is 9.18 Å². The van der Waals surface area contributed by atoms with Crippen molar-refractivity contribution in [3.05, 3.63) is 48.3 Å². The molecule has 2 unspecified atom stereocenters. The Morgan fingerprint density at radius 1 is 1.52 bits per heavy atom. The van der Waals surface area contributed by atoms with Crippen molar-refractivity contribution in [3.8, 4) is 0 Å². The lowest BCUT2D eigenvalue weighted by Gasteiger charge is -2.38. The Bertz CT molecular complexity index is 506. The number of hydrogen-bond donors (Lipinski definition) is 1. The highest BCUT2D eigenvalue weighted by Crippen LogP contribution is 2.31. The zero-order chi connectivity index (χ0) is 15.2. The molecule has 5 heteroatoms. The predicted octanol–water partition coefficient (Wildman–Crippen LogP) is 2.27. The van der Waals surface area contributed by atoms with E-state index < -0.39 is 5.97 Å². The first-order valence-electron chi connectivity index (χ1n) is 7.03. The van der Waals surface area contributed by atoms with Crippen LogP contribution in [-0.2, 0) is 9.53 Å². The lowest BCUT2D eigenvalue weighted by atomic mass is 9.86. The quantitative estimate of drug-likeness (QED) is 0.818. The van der Waals surface area contributed by atoms with Crippen LogP contribution in [0.15, 0.2) is 36.9 Å². The predicted molar refractivity (Wildman–Crippen MR) is 77.8 cm³/mol. The van der Waals surface area contributed by atoms with E-state index >= 15 is 0 Å².